The third-order valence-corrected chi connectivity index (χ3v) is 6.70. The first-order valence-corrected chi connectivity index (χ1v) is 11.1. The van der Waals surface area contributed by atoms with Crippen LogP contribution in [0.15, 0.2) is 83.7 Å². The Morgan fingerprint density at radius 1 is 1.06 bits per heavy atom. The van der Waals surface area contributed by atoms with Crippen LogP contribution in [-0.2, 0) is 14.3 Å². The van der Waals surface area contributed by atoms with Crippen LogP contribution in [0.2, 0.25) is 0 Å². The Hall–Kier alpha value is -4.46. The Morgan fingerprint density at radius 3 is 2.53 bits per heavy atom. The number of rotatable bonds is 2. The topological polar surface area (TPSA) is 95.9 Å². The van der Waals surface area contributed by atoms with E-state index in [0.29, 0.717) is 18.7 Å². The lowest BCUT2D eigenvalue weighted by Crippen LogP contribution is -2.41. The summed E-state index contributed by atoms with van der Waals surface area (Å²) < 4.78 is 6.24. The number of nitrogens with zero attached hydrogens (tertiary/aromatic N) is 4. The van der Waals surface area contributed by atoms with E-state index in [2.05, 4.69) is 14.9 Å². The van der Waals surface area contributed by atoms with Crippen LogP contribution in [0, 0.1) is 0 Å². The molecular weight excluding hydrogens is 432 g/mol. The van der Waals surface area contributed by atoms with Gasteiger partial charge < -0.3 is 19.6 Å². The van der Waals surface area contributed by atoms with Crippen LogP contribution in [0.4, 0.5) is 11.4 Å². The summed E-state index contributed by atoms with van der Waals surface area (Å²) in [6, 6.07) is 7.74. The van der Waals surface area contributed by atoms with Gasteiger partial charge in [-0.1, -0.05) is 0 Å². The number of hydrogen-bond donors (Lipinski definition) is 1. The highest BCUT2D eigenvalue weighted by Gasteiger charge is 2.43. The predicted octanol–water partition coefficient (Wildman–Crippen LogP) is 3.46. The van der Waals surface area contributed by atoms with E-state index in [0.717, 1.165) is 50.1 Å². The molecule has 0 saturated carbocycles. The zero-order valence-corrected chi connectivity index (χ0v) is 17.9. The molecule has 0 spiro atoms. The molecule has 0 bridgehead atoms. The number of benzene rings is 1. The average molecular weight is 450 g/mol. The number of aromatic nitrogens is 2. The number of carbonyl (C=O) groups excluding carboxylic acids is 1. The third-order valence-electron chi connectivity index (χ3n) is 6.70. The second-order valence-electron chi connectivity index (χ2n) is 8.65. The van der Waals surface area contributed by atoms with Gasteiger partial charge in [0.15, 0.2) is 5.78 Å². The normalized spacial score (nSPS) is 20.5. The first-order valence-electron chi connectivity index (χ1n) is 11.1. The Balaban J connectivity index is 1.56. The van der Waals surface area contributed by atoms with Gasteiger partial charge in [-0.15, -0.1) is 0 Å². The van der Waals surface area contributed by atoms with Crippen molar-refractivity contribution in [3.05, 3.63) is 83.7 Å². The molecular formula is C26H18N4O4. The number of aliphatic carboxylic acids is 1. The van der Waals surface area contributed by atoms with Gasteiger partial charge in [0.2, 0.25) is 0 Å². The lowest BCUT2D eigenvalue weighted by Gasteiger charge is -2.38. The molecule has 34 heavy (non-hydrogen) atoms. The molecule has 1 N–H and O–H groups in total. The lowest BCUT2D eigenvalue weighted by atomic mass is 9.93. The molecule has 1 atom stereocenters. The van der Waals surface area contributed by atoms with Crippen molar-refractivity contribution in [1.29, 1.82) is 0 Å². The van der Waals surface area contributed by atoms with Crippen molar-refractivity contribution >= 4 is 44.9 Å². The van der Waals surface area contributed by atoms with E-state index in [1.807, 2.05) is 35.2 Å². The fourth-order valence-electron chi connectivity index (χ4n) is 5.43. The number of anilines is 2. The van der Waals surface area contributed by atoms with Gasteiger partial charge in [-0.3, -0.25) is 19.6 Å². The number of carbonyl (C=O) groups is 2. The van der Waals surface area contributed by atoms with E-state index in [4.69, 9.17) is 4.74 Å². The number of pyridine rings is 2. The second-order valence-corrected chi connectivity index (χ2v) is 8.65. The minimum absolute atomic E-state index is 0.0978. The number of fused-ring (bicyclic) bond motifs is 10. The van der Waals surface area contributed by atoms with E-state index >= 15 is 0 Å². The molecule has 0 amide bonds. The van der Waals surface area contributed by atoms with Gasteiger partial charge in [-0.05, 0) is 42.5 Å². The van der Waals surface area contributed by atoms with Crippen LogP contribution < -0.4 is 9.80 Å². The van der Waals surface area contributed by atoms with E-state index in [1.165, 1.54) is 12.2 Å². The third kappa shape index (κ3) is 2.53. The molecule has 2 aromatic heterocycles. The summed E-state index contributed by atoms with van der Waals surface area (Å²) in [6.45, 7) is 0.438. The number of hydrogen-bond acceptors (Lipinski definition) is 7. The molecule has 1 unspecified atom stereocenters. The summed E-state index contributed by atoms with van der Waals surface area (Å²) in [5, 5.41) is 11.7. The van der Waals surface area contributed by atoms with Gasteiger partial charge in [0, 0.05) is 53.4 Å². The van der Waals surface area contributed by atoms with Crippen LogP contribution in [0.25, 0.3) is 21.8 Å². The quantitative estimate of drug-likeness (QED) is 0.593. The summed E-state index contributed by atoms with van der Waals surface area (Å²) in [6.07, 6.45) is 10.7. The van der Waals surface area contributed by atoms with Gasteiger partial charge in [0.1, 0.15) is 24.2 Å². The molecule has 5 heterocycles. The van der Waals surface area contributed by atoms with Crippen molar-refractivity contribution in [1.82, 2.24) is 9.97 Å². The fourth-order valence-corrected chi connectivity index (χ4v) is 5.43. The number of carboxylic acids is 1. The molecule has 3 aliphatic heterocycles. The molecule has 166 valence electrons. The molecule has 4 aliphatic rings. The summed E-state index contributed by atoms with van der Waals surface area (Å²) in [5.41, 5.74) is 5.01. The second kappa shape index (κ2) is 6.77. The summed E-state index contributed by atoms with van der Waals surface area (Å²) in [5.74, 6) is 0.339. The van der Waals surface area contributed by atoms with E-state index in [-0.39, 0.29) is 18.4 Å². The molecule has 8 nitrogen and oxygen atoms in total. The highest BCUT2D eigenvalue weighted by Crippen LogP contribution is 2.53. The first kappa shape index (κ1) is 19.0. The van der Waals surface area contributed by atoms with Crippen LogP contribution >= 0.6 is 0 Å². The van der Waals surface area contributed by atoms with Crippen LogP contribution in [0.1, 0.15) is 6.42 Å². The van der Waals surface area contributed by atoms with Crippen molar-refractivity contribution in [2.45, 2.75) is 12.5 Å². The van der Waals surface area contributed by atoms with Gasteiger partial charge >= 0.3 is 5.97 Å². The molecule has 0 saturated heterocycles. The van der Waals surface area contributed by atoms with E-state index in [1.54, 1.807) is 18.5 Å². The maximum Gasteiger partial charge on any atom is 0.323 e. The first-order chi connectivity index (χ1) is 16.6. The largest absolute Gasteiger partial charge is 0.485 e. The average Bonchev–Trinajstić information content (AvgIpc) is 3.17. The highest BCUT2D eigenvalue weighted by molar-refractivity contribution is 6.20. The van der Waals surface area contributed by atoms with E-state index < -0.39 is 5.97 Å². The van der Waals surface area contributed by atoms with Crippen LogP contribution in [0.5, 0.6) is 0 Å². The Morgan fingerprint density at radius 2 is 1.79 bits per heavy atom. The monoisotopic (exact) mass is 450 g/mol. The molecule has 8 heteroatoms. The molecule has 7 rings (SSSR count). The molecule has 1 aliphatic carbocycles. The van der Waals surface area contributed by atoms with Crippen molar-refractivity contribution < 1.29 is 19.4 Å². The van der Waals surface area contributed by atoms with Crippen LogP contribution in [-0.4, -0.2) is 46.0 Å². The lowest BCUT2D eigenvalue weighted by molar-refractivity contribution is -0.135. The van der Waals surface area contributed by atoms with Crippen molar-refractivity contribution in [3.63, 3.8) is 0 Å². The van der Waals surface area contributed by atoms with Gasteiger partial charge in [0.05, 0.1) is 22.4 Å². The summed E-state index contributed by atoms with van der Waals surface area (Å²) in [7, 11) is 0. The Kier molecular flexibility index (Phi) is 3.79. The Bertz CT molecular complexity index is 1580. The molecule has 3 aromatic rings. The van der Waals surface area contributed by atoms with Crippen molar-refractivity contribution in [2.24, 2.45) is 0 Å². The minimum atomic E-state index is -0.931. The van der Waals surface area contributed by atoms with Crippen LogP contribution in [0.3, 0.4) is 0 Å². The summed E-state index contributed by atoms with van der Waals surface area (Å²) >= 11 is 0. The maximum absolute atomic E-state index is 12.0. The molecule has 0 fully saturated rings. The zero-order valence-electron chi connectivity index (χ0n) is 17.9. The summed E-state index contributed by atoms with van der Waals surface area (Å²) in [4.78, 5) is 37.2. The van der Waals surface area contributed by atoms with Crippen molar-refractivity contribution in [3.8, 4) is 0 Å². The smallest absolute Gasteiger partial charge is 0.323 e. The SMILES string of the molecule is O=C1C=CC2=CC3=C4N(CCC3OC2=C1)c1c(c2cccnc2c2ncccc12)N4CC(=O)O. The number of ether oxygens (including phenoxy) is 1. The Labute approximate surface area is 193 Å². The number of allylic oxidation sites excluding steroid dienone is 3. The number of carboxylic acid groups (broad SMARTS) is 1. The van der Waals surface area contributed by atoms with Gasteiger partial charge in [-0.2, -0.15) is 0 Å². The maximum atomic E-state index is 12.0. The van der Waals surface area contributed by atoms with E-state index in [9.17, 15) is 14.7 Å². The zero-order chi connectivity index (χ0) is 23.0. The predicted molar refractivity (Wildman–Crippen MR) is 126 cm³/mol. The van der Waals surface area contributed by atoms with Gasteiger partial charge in [-0.25, -0.2) is 0 Å². The molecule has 0 radical (unpaired) electrons. The van der Waals surface area contributed by atoms with Crippen molar-refractivity contribution in [2.75, 3.05) is 22.9 Å². The minimum Gasteiger partial charge on any atom is -0.485 e. The highest BCUT2D eigenvalue weighted by atomic mass is 16.5. The fraction of sp³-hybridized carbons (Fsp3) is 0.154. The molecule has 1 aromatic carbocycles. The standard InChI is InChI=1S/C26H18N4O4/c31-15-6-5-14-11-18-19(34-20(14)12-15)7-10-29-24-16-3-1-8-27-22(16)23-17(4-2-9-28-23)25(24)30(26(18)29)13-21(32)33/h1-6,8-9,11-12,19H,7,10,13H2,(H,32,33). The number of ketones is 1. The van der Waals surface area contributed by atoms with Gasteiger partial charge in [0.25, 0.3) is 0 Å².